The molecule has 0 aromatic heterocycles. The minimum atomic E-state index is -1.31. The highest BCUT2D eigenvalue weighted by molar-refractivity contribution is 5.87. The maximum atomic E-state index is 12.7. The van der Waals surface area contributed by atoms with E-state index in [9.17, 15) is 24.9 Å². The summed E-state index contributed by atoms with van der Waals surface area (Å²) in [5, 5.41) is 34.7. The summed E-state index contributed by atoms with van der Waals surface area (Å²) in [6.07, 6.45) is 1.10. The largest absolute Gasteiger partial charge is 0.458 e. The van der Waals surface area contributed by atoms with Crippen LogP contribution >= 0.6 is 0 Å². The molecule has 1 aromatic carbocycles. The molecule has 0 saturated heterocycles. The molecule has 7 nitrogen and oxygen atoms in total. The molecule has 0 heterocycles. The van der Waals surface area contributed by atoms with Gasteiger partial charge in [-0.3, -0.25) is 4.79 Å². The van der Waals surface area contributed by atoms with E-state index in [2.05, 4.69) is 6.58 Å². The van der Waals surface area contributed by atoms with Crippen molar-refractivity contribution in [2.24, 2.45) is 16.7 Å². The highest BCUT2D eigenvalue weighted by Gasteiger charge is 2.64. The molecule has 7 heteroatoms. The van der Waals surface area contributed by atoms with E-state index in [0.29, 0.717) is 36.0 Å². The number of aliphatic hydroxyl groups is 3. The average Bonchev–Trinajstić information content (AvgIpc) is 3.09. The van der Waals surface area contributed by atoms with Crippen molar-refractivity contribution < 1.29 is 34.4 Å². The van der Waals surface area contributed by atoms with Crippen LogP contribution in [0.1, 0.15) is 65.9 Å². The molecule has 3 N–H and O–H groups in total. The summed E-state index contributed by atoms with van der Waals surface area (Å²) in [4.78, 5) is 24.6. The summed E-state index contributed by atoms with van der Waals surface area (Å²) in [5.74, 6) is -1.30. The number of carbonyl (C=O) groups excluding carboxylic acids is 2. The van der Waals surface area contributed by atoms with Crippen LogP contribution in [0.4, 0.5) is 0 Å². The fourth-order valence-corrected chi connectivity index (χ4v) is 7.08. The van der Waals surface area contributed by atoms with Crippen molar-refractivity contribution in [2.75, 3.05) is 0 Å². The normalized spacial score (nSPS) is 35.5. The number of fused-ring (bicyclic) bond motifs is 2. The van der Waals surface area contributed by atoms with Crippen LogP contribution < -0.4 is 0 Å². The number of carbonyl (C=O) groups is 2. The van der Waals surface area contributed by atoms with E-state index in [1.807, 2.05) is 37.3 Å². The van der Waals surface area contributed by atoms with Crippen LogP contribution in [0.2, 0.25) is 0 Å². The van der Waals surface area contributed by atoms with Gasteiger partial charge in [-0.15, -0.1) is 0 Å². The minimum absolute atomic E-state index is 0.283. The van der Waals surface area contributed by atoms with Crippen molar-refractivity contribution in [3.63, 3.8) is 0 Å². The van der Waals surface area contributed by atoms with E-state index in [1.165, 1.54) is 13.0 Å². The van der Waals surface area contributed by atoms with E-state index in [1.54, 1.807) is 26.8 Å². The van der Waals surface area contributed by atoms with Gasteiger partial charge < -0.3 is 24.8 Å². The van der Waals surface area contributed by atoms with Crippen molar-refractivity contribution >= 4 is 18.0 Å². The van der Waals surface area contributed by atoms with Crippen molar-refractivity contribution in [1.29, 1.82) is 0 Å². The minimum Gasteiger partial charge on any atom is -0.458 e. The van der Waals surface area contributed by atoms with E-state index < -0.39 is 52.8 Å². The second-order valence-corrected chi connectivity index (χ2v) is 12.0. The molecule has 38 heavy (non-hydrogen) atoms. The zero-order valence-corrected chi connectivity index (χ0v) is 22.9. The van der Waals surface area contributed by atoms with Gasteiger partial charge in [0.25, 0.3) is 0 Å². The molecule has 0 amide bonds. The number of ether oxygens (including phenoxy) is 2. The summed E-state index contributed by atoms with van der Waals surface area (Å²) in [6, 6.07) is 9.46. The lowest BCUT2D eigenvalue weighted by Crippen LogP contribution is -2.50. The molecule has 3 aliphatic carbocycles. The molecule has 7 unspecified atom stereocenters. The number of hydrogen-bond acceptors (Lipinski definition) is 7. The van der Waals surface area contributed by atoms with Gasteiger partial charge in [-0.1, -0.05) is 43.8 Å². The predicted molar refractivity (Wildman–Crippen MR) is 144 cm³/mol. The third-order valence-electron chi connectivity index (χ3n) is 9.33. The van der Waals surface area contributed by atoms with Gasteiger partial charge >= 0.3 is 11.9 Å². The van der Waals surface area contributed by atoms with Crippen molar-refractivity contribution in [3.05, 3.63) is 65.3 Å². The molecule has 0 spiro atoms. The molecule has 2 fully saturated rings. The van der Waals surface area contributed by atoms with Crippen molar-refractivity contribution in [3.8, 4) is 0 Å². The van der Waals surface area contributed by atoms with Gasteiger partial charge in [0, 0.05) is 30.3 Å². The third kappa shape index (κ3) is 4.76. The zero-order chi connectivity index (χ0) is 28.0. The molecule has 1 aromatic rings. The lowest BCUT2D eigenvalue weighted by atomic mass is 9.57. The Morgan fingerprint density at radius 2 is 1.76 bits per heavy atom. The Balaban J connectivity index is 1.67. The molecule has 7 atom stereocenters. The highest BCUT2D eigenvalue weighted by Crippen LogP contribution is 2.64. The fourth-order valence-electron chi connectivity index (χ4n) is 7.08. The standard InChI is InChI=1S/C31H40O7/c1-18-22-16-31(29(4,5)36)17-24(37-20(3)32)19(2)26(31)27(34)28(35)30(22,6)15-14-23(18)38-25(33)13-12-21-10-8-7-9-11-21/h7-13,22-24,27-28,34-36H,1,14-17H2,2-6H3. The summed E-state index contributed by atoms with van der Waals surface area (Å²) in [7, 11) is 0. The molecule has 4 rings (SSSR count). The first kappa shape index (κ1) is 28.3. The molecule has 0 radical (unpaired) electrons. The summed E-state index contributed by atoms with van der Waals surface area (Å²) >= 11 is 0. The second-order valence-electron chi connectivity index (χ2n) is 12.0. The number of esters is 2. The smallest absolute Gasteiger partial charge is 0.331 e. The number of aliphatic hydroxyl groups excluding tert-OH is 2. The monoisotopic (exact) mass is 524 g/mol. The van der Waals surface area contributed by atoms with Crippen LogP contribution in [0.5, 0.6) is 0 Å². The van der Waals surface area contributed by atoms with E-state index >= 15 is 0 Å². The lowest BCUT2D eigenvalue weighted by Gasteiger charge is -2.50. The van der Waals surface area contributed by atoms with Crippen molar-refractivity contribution in [2.45, 2.75) is 90.3 Å². The maximum absolute atomic E-state index is 12.7. The Labute approximate surface area is 224 Å². The fraction of sp³-hybridized carbons (Fsp3) is 0.548. The quantitative estimate of drug-likeness (QED) is 0.302. The molecule has 206 valence electrons. The van der Waals surface area contributed by atoms with Gasteiger partial charge in [0.05, 0.1) is 11.7 Å². The van der Waals surface area contributed by atoms with Gasteiger partial charge in [0.15, 0.2) is 0 Å². The zero-order valence-electron chi connectivity index (χ0n) is 22.9. The Kier molecular flexibility index (Phi) is 7.51. The van der Waals surface area contributed by atoms with Crippen molar-refractivity contribution in [1.82, 2.24) is 0 Å². The maximum Gasteiger partial charge on any atom is 0.331 e. The topological polar surface area (TPSA) is 113 Å². The van der Waals surface area contributed by atoms with Gasteiger partial charge in [-0.2, -0.15) is 0 Å². The van der Waals surface area contributed by atoms with Crippen LogP contribution in [-0.2, 0) is 19.1 Å². The second kappa shape index (κ2) is 10.1. The SMILES string of the molecule is C=C1C(OC(=O)C=Cc2ccccc2)CCC2(C)C1CC1(C(C)(C)O)CC(OC(C)=O)C(C)=C1C(O)C2O. The van der Waals surface area contributed by atoms with Crippen LogP contribution in [0, 0.1) is 16.7 Å². The Morgan fingerprint density at radius 1 is 1.11 bits per heavy atom. The number of benzene rings is 1. The molecule has 2 saturated carbocycles. The lowest BCUT2D eigenvalue weighted by molar-refractivity contribution is -0.147. The van der Waals surface area contributed by atoms with E-state index in [4.69, 9.17) is 9.47 Å². The molecule has 3 aliphatic rings. The Bertz CT molecular complexity index is 1160. The summed E-state index contributed by atoms with van der Waals surface area (Å²) in [5.41, 5.74) is -0.320. The van der Waals surface area contributed by atoms with Crippen LogP contribution in [0.3, 0.4) is 0 Å². The molecular weight excluding hydrogens is 484 g/mol. The third-order valence-corrected chi connectivity index (χ3v) is 9.33. The molecular formula is C31H40O7. The summed E-state index contributed by atoms with van der Waals surface area (Å²) < 4.78 is 11.4. The predicted octanol–water partition coefficient (Wildman–Crippen LogP) is 4.12. The van der Waals surface area contributed by atoms with E-state index in [-0.39, 0.29) is 12.3 Å². The Morgan fingerprint density at radius 3 is 2.37 bits per heavy atom. The Hall–Kier alpha value is -2.74. The average molecular weight is 525 g/mol. The first-order valence-corrected chi connectivity index (χ1v) is 13.3. The van der Waals surface area contributed by atoms with E-state index in [0.717, 1.165) is 5.56 Å². The summed E-state index contributed by atoms with van der Waals surface area (Å²) in [6.45, 7) is 12.8. The molecule has 0 aliphatic heterocycles. The number of hydrogen-bond donors (Lipinski definition) is 3. The van der Waals surface area contributed by atoms with Crippen LogP contribution in [0.25, 0.3) is 6.08 Å². The van der Waals surface area contributed by atoms with Crippen LogP contribution in [0.15, 0.2) is 59.7 Å². The van der Waals surface area contributed by atoms with Gasteiger partial charge in [-0.05, 0) is 74.3 Å². The van der Waals surface area contributed by atoms with Gasteiger partial charge in [0.1, 0.15) is 18.3 Å². The highest BCUT2D eigenvalue weighted by atomic mass is 16.5. The molecule has 0 bridgehead atoms. The van der Waals surface area contributed by atoms with Gasteiger partial charge in [0.2, 0.25) is 0 Å². The number of rotatable bonds is 5. The first-order valence-electron chi connectivity index (χ1n) is 13.3. The van der Waals surface area contributed by atoms with Crippen LogP contribution in [-0.4, -0.2) is 57.3 Å². The van der Waals surface area contributed by atoms with Gasteiger partial charge in [-0.25, -0.2) is 4.79 Å². The first-order chi connectivity index (χ1) is 17.7.